The van der Waals surface area contributed by atoms with E-state index >= 15 is 0 Å². The number of hydrogen-bond acceptors (Lipinski definition) is 6. The summed E-state index contributed by atoms with van der Waals surface area (Å²) >= 11 is 0. The molecule has 1 aromatic heterocycles. The van der Waals surface area contributed by atoms with E-state index in [1.807, 2.05) is 0 Å². The first-order valence-electron chi connectivity index (χ1n) is 6.09. The summed E-state index contributed by atoms with van der Waals surface area (Å²) in [4.78, 5) is 14.6. The summed E-state index contributed by atoms with van der Waals surface area (Å²) in [5.41, 5.74) is 0.606. The standard InChI is InChI=1S/C14H14N2O5/c1-9-15-13(21-16-9)8-20-12-7-11(19-2)5-3-10(12)4-6-14(17)18/h3-7H,8H2,1-2H3,(H,17,18). The van der Waals surface area contributed by atoms with Gasteiger partial charge in [-0.2, -0.15) is 4.98 Å². The quantitative estimate of drug-likeness (QED) is 0.813. The molecular formula is C14H14N2O5. The highest BCUT2D eigenvalue weighted by Crippen LogP contribution is 2.26. The highest BCUT2D eigenvalue weighted by molar-refractivity contribution is 5.86. The van der Waals surface area contributed by atoms with E-state index in [0.717, 1.165) is 6.08 Å². The number of nitrogens with zero attached hydrogens (tertiary/aromatic N) is 2. The van der Waals surface area contributed by atoms with Crippen molar-refractivity contribution in [1.82, 2.24) is 10.1 Å². The van der Waals surface area contributed by atoms with E-state index in [2.05, 4.69) is 10.1 Å². The lowest BCUT2D eigenvalue weighted by Crippen LogP contribution is -1.98. The number of rotatable bonds is 6. The third kappa shape index (κ3) is 4.07. The molecule has 0 radical (unpaired) electrons. The Morgan fingerprint density at radius 3 is 2.90 bits per heavy atom. The molecule has 0 spiro atoms. The van der Waals surface area contributed by atoms with Crippen molar-refractivity contribution in [3.63, 3.8) is 0 Å². The SMILES string of the molecule is COc1ccc(C=CC(=O)O)c(OCc2nc(C)no2)c1. The van der Waals surface area contributed by atoms with Gasteiger partial charge < -0.3 is 19.1 Å². The van der Waals surface area contributed by atoms with Crippen LogP contribution in [0.2, 0.25) is 0 Å². The van der Waals surface area contributed by atoms with Crippen LogP contribution in [0.15, 0.2) is 28.8 Å². The summed E-state index contributed by atoms with van der Waals surface area (Å²) in [6, 6.07) is 5.07. The lowest BCUT2D eigenvalue weighted by atomic mass is 10.1. The number of carboxylic acid groups (broad SMARTS) is 1. The Hall–Kier alpha value is -2.83. The Labute approximate surface area is 120 Å². The third-order valence-corrected chi connectivity index (χ3v) is 2.55. The molecule has 110 valence electrons. The molecular weight excluding hydrogens is 276 g/mol. The van der Waals surface area contributed by atoms with Gasteiger partial charge in [0.05, 0.1) is 7.11 Å². The van der Waals surface area contributed by atoms with Crippen LogP contribution >= 0.6 is 0 Å². The van der Waals surface area contributed by atoms with Crippen LogP contribution in [0.25, 0.3) is 6.08 Å². The molecule has 0 atom stereocenters. The van der Waals surface area contributed by atoms with Crippen LogP contribution in [0.1, 0.15) is 17.3 Å². The first-order valence-corrected chi connectivity index (χ1v) is 6.09. The van der Waals surface area contributed by atoms with Gasteiger partial charge in [0.25, 0.3) is 5.89 Å². The molecule has 21 heavy (non-hydrogen) atoms. The van der Waals surface area contributed by atoms with Crippen LogP contribution in [0, 0.1) is 6.92 Å². The average Bonchev–Trinajstić information content (AvgIpc) is 2.88. The number of hydrogen-bond donors (Lipinski definition) is 1. The molecule has 0 aliphatic heterocycles. The topological polar surface area (TPSA) is 94.7 Å². The molecule has 0 aliphatic carbocycles. The molecule has 0 saturated heterocycles. The van der Waals surface area contributed by atoms with Gasteiger partial charge in [0.15, 0.2) is 12.4 Å². The number of aromatic nitrogens is 2. The van der Waals surface area contributed by atoms with E-state index < -0.39 is 5.97 Å². The molecule has 7 nitrogen and oxygen atoms in total. The monoisotopic (exact) mass is 290 g/mol. The number of carbonyl (C=O) groups is 1. The van der Waals surface area contributed by atoms with Gasteiger partial charge in [-0.25, -0.2) is 4.79 Å². The van der Waals surface area contributed by atoms with Crippen molar-refractivity contribution in [1.29, 1.82) is 0 Å². The summed E-state index contributed by atoms with van der Waals surface area (Å²) in [5.74, 6) is 0.875. The zero-order chi connectivity index (χ0) is 15.2. The van der Waals surface area contributed by atoms with Gasteiger partial charge in [-0.05, 0) is 25.1 Å². The molecule has 0 unspecified atom stereocenters. The van der Waals surface area contributed by atoms with Gasteiger partial charge in [0.1, 0.15) is 11.5 Å². The average molecular weight is 290 g/mol. The summed E-state index contributed by atoms with van der Waals surface area (Å²) in [6.45, 7) is 1.79. The first-order chi connectivity index (χ1) is 10.1. The van der Waals surface area contributed by atoms with Crippen LogP contribution in [0.4, 0.5) is 0 Å². The molecule has 0 amide bonds. The zero-order valence-electron chi connectivity index (χ0n) is 11.6. The fourth-order valence-electron chi connectivity index (χ4n) is 1.60. The van der Waals surface area contributed by atoms with Crippen LogP contribution in [0.3, 0.4) is 0 Å². The Bertz CT molecular complexity index is 663. The molecule has 1 aromatic carbocycles. The Balaban J connectivity index is 2.19. The summed E-state index contributed by atoms with van der Waals surface area (Å²) in [7, 11) is 1.53. The number of methoxy groups -OCH3 is 1. The van der Waals surface area contributed by atoms with E-state index in [1.165, 1.54) is 13.2 Å². The normalized spacial score (nSPS) is 10.8. The maximum Gasteiger partial charge on any atom is 0.328 e. The predicted octanol–water partition coefficient (Wildman–Crippen LogP) is 2.06. The number of benzene rings is 1. The Morgan fingerprint density at radius 1 is 1.48 bits per heavy atom. The molecule has 1 N–H and O–H groups in total. The lowest BCUT2D eigenvalue weighted by Gasteiger charge is -2.09. The van der Waals surface area contributed by atoms with E-state index in [4.69, 9.17) is 19.1 Å². The predicted molar refractivity (Wildman–Crippen MR) is 73.0 cm³/mol. The zero-order valence-corrected chi connectivity index (χ0v) is 11.6. The Morgan fingerprint density at radius 2 is 2.29 bits per heavy atom. The van der Waals surface area contributed by atoms with Crippen molar-refractivity contribution in [2.24, 2.45) is 0 Å². The fraction of sp³-hybridized carbons (Fsp3) is 0.214. The lowest BCUT2D eigenvalue weighted by molar-refractivity contribution is -0.131. The van der Waals surface area contributed by atoms with Crippen molar-refractivity contribution in [2.75, 3.05) is 7.11 Å². The van der Waals surface area contributed by atoms with Gasteiger partial charge in [0.2, 0.25) is 0 Å². The molecule has 0 fully saturated rings. The minimum Gasteiger partial charge on any atom is -0.497 e. The van der Waals surface area contributed by atoms with E-state index in [9.17, 15) is 4.79 Å². The number of ether oxygens (including phenoxy) is 2. The largest absolute Gasteiger partial charge is 0.497 e. The van der Waals surface area contributed by atoms with E-state index in [1.54, 1.807) is 25.1 Å². The molecule has 7 heteroatoms. The number of aryl methyl sites for hydroxylation is 1. The van der Waals surface area contributed by atoms with Gasteiger partial charge in [-0.1, -0.05) is 5.16 Å². The molecule has 0 bridgehead atoms. The molecule has 2 aromatic rings. The second-order valence-corrected chi connectivity index (χ2v) is 4.10. The van der Waals surface area contributed by atoms with Crippen LogP contribution in [0.5, 0.6) is 11.5 Å². The highest BCUT2D eigenvalue weighted by Gasteiger charge is 2.08. The Kier molecular flexibility index (Phi) is 4.55. The smallest absolute Gasteiger partial charge is 0.328 e. The molecule has 0 saturated carbocycles. The minimum atomic E-state index is -1.04. The minimum absolute atomic E-state index is 0.0852. The second kappa shape index (κ2) is 6.56. The first kappa shape index (κ1) is 14.6. The fourth-order valence-corrected chi connectivity index (χ4v) is 1.60. The van der Waals surface area contributed by atoms with Crippen LogP contribution < -0.4 is 9.47 Å². The summed E-state index contributed by atoms with van der Waals surface area (Å²) in [5, 5.41) is 12.4. The summed E-state index contributed by atoms with van der Waals surface area (Å²) in [6.07, 6.45) is 2.47. The second-order valence-electron chi connectivity index (χ2n) is 4.10. The van der Waals surface area contributed by atoms with Crippen molar-refractivity contribution in [3.05, 3.63) is 41.6 Å². The third-order valence-electron chi connectivity index (χ3n) is 2.55. The number of aliphatic carboxylic acids is 1. The molecule has 2 rings (SSSR count). The van der Waals surface area contributed by atoms with Crippen molar-refractivity contribution in [3.8, 4) is 11.5 Å². The van der Waals surface area contributed by atoms with Gasteiger partial charge in [0, 0.05) is 17.7 Å². The van der Waals surface area contributed by atoms with Crippen molar-refractivity contribution in [2.45, 2.75) is 13.5 Å². The van der Waals surface area contributed by atoms with E-state index in [-0.39, 0.29) is 6.61 Å². The van der Waals surface area contributed by atoms with Crippen LogP contribution in [-0.2, 0) is 11.4 Å². The maximum absolute atomic E-state index is 10.6. The molecule has 0 aliphatic rings. The van der Waals surface area contributed by atoms with E-state index in [0.29, 0.717) is 28.8 Å². The van der Waals surface area contributed by atoms with Crippen LogP contribution in [-0.4, -0.2) is 28.3 Å². The van der Waals surface area contributed by atoms with Crippen molar-refractivity contribution < 1.29 is 23.9 Å². The molecule has 1 heterocycles. The van der Waals surface area contributed by atoms with Gasteiger partial charge in [-0.15, -0.1) is 0 Å². The summed E-state index contributed by atoms with van der Waals surface area (Å²) < 4.78 is 15.7. The highest BCUT2D eigenvalue weighted by atomic mass is 16.5. The van der Waals surface area contributed by atoms with Gasteiger partial charge in [-0.3, -0.25) is 0 Å². The number of carboxylic acids is 1. The van der Waals surface area contributed by atoms with Gasteiger partial charge >= 0.3 is 5.97 Å². The van der Waals surface area contributed by atoms with Crippen molar-refractivity contribution >= 4 is 12.0 Å². The maximum atomic E-state index is 10.6.